The topological polar surface area (TPSA) is 79.2 Å². The predicted octanol–water partition coefficient (Wildman–Crippen LogP) is 2.13. The second kappa shape index (κ2) is 7.46. The molecule has 2 aromatic rings. The molecule has 23 heavy (non-hydrogen) atoms. The van der Waals surface area contributed by atoms with Gasteiger partial charge in [-0.05, 0) is 24.0 Å². The van der Waals surface area contributed by atoms with Gasteiger partial charge in [0.15, 0.2) is 0 Å². The molecule has 0 fully saturated rings. The number of fused-ring (bicyclic) bond motifs is 1. The molecule has 1 aromatic heterocycles. The first-order valence-corrected chi connectivity index (χ1v) is 7.97. The van der Waals surface area contributed by atoms with E-state index in [1.165, 1.54) is 0 Å². The standard InChI is InChI=1S/C17H26N4O2/c1-17(2,3)15(22)11-19-16(23)18-9-6-10-21-12-20-13-7-4-5-8-14(13)21/h4-5,7-8,12,15,22H,6,9-11H2,1-3H3,(H2,18,19,23). The third-order valence-corrected chi connectivity index (χ3v) is 3.84. The Morgan fingerprint density at radius 1 is 1.30 bits per heavy atom. The number of aliphatic hydroxyl groups is 1. The highest BCUT2D eigenvalue weighted by Crippen LogP contribution is 2.18. The van der Waals surface area contributed by atoms with E-state index in [0.29, 0.717) is 6.54 Å². The van der Waals surface area contributed by atoms with Crippen LogP contribution in [0.5, 0.6) is 0 Å². The number of carbonyl (C=O) groups excluding carboxylic acids is 1. The second-order valence-corrected chi connectivity index (χ2v) is 6.80. The van der Waals surface area contributed by atoms with Crippen LogP contribution in [0.2, 0.25) is 0 Å². The molecule has 1 heterocycles. The number of aryl methyl sites for hydroxylation is 1. The number of imidazole rings is 1. The lowest BCUT2D eigenvalue weighted by Gasteiger charge is -2.25. The van der Waals surface area contributed by atoms with Crippen LogP contribution in [0, 0.1) is 5.41 Å². The number of hydrogen-bond donors (Lipinski definition) is 3. The van der Waals surface area contributed by atoms with E-state index < -0.39 is 6.10 Å². The van der Waals surface area contributed by atoms with E-state index >= 15 is 0 Å². The van der Waals surface area contributed by atoms with E-state index in [1.807, 2.05) is 51.4 Å². The summed E-state index contributed by atoms with van der Waals surface area (Å²) in [6.45, 7) is 7.43. The Bertz CT molecular complexity index is 645. The van der Waals surface area contributed by atoms with Crippen molar-refractivity contribution in [2.75, 3.05) is 13.1 Å². The van der Waals surface area contributed by atoms with Crippen molar-refractivity contribution in [2.24, 2.45) is 5.41 Å². The molecule has 0 radical (unpaired) electrons. The maximum absolute atomic E-state index is 11.7. The molecule has 6 heteroatoms. The molecule has 3 N–H and O–H groups in total. The lowest BCUT2D eigenvalue weighted by molar-refractivity contribution is 0.0650. The van der Waals surface area contributed by atoms with Crippen molar-refractivity contribution in [3.63, 3.8) is 0 Å². The van der Waals surface area contributed by atoms with Crippen LogP contribution in [0.25, 0.3) is 11.0 Å². The number of rotatable bonds is 6. The Kier molecular flexibility index (Phi) is 5.60. The Balaban J connectivity index is 1.68. The third kappa shape index (κ3) is 4.96. The van der Waals surface area contributed by atoms with E-state index in [2.05, 4.69) is 20.2 Å². The maximum Gasteiger partial charge on any atom is 0.314 e. The molecule has 0 spiro atoms. The minimum absolute atomic E-state index is 0.240. The van der Waals surface area contributed by atoms with E-state index in [0.717, 1.165) is 24.0 Å². The van der Waals surface area contributed by atoms with Gasteiger partial charge in [-0.2, -0.15) is 0 Å². The first-order valence-electron chi connectivity index (χ1n) is 7.97. The lowest BCUT2D eigenvalue weighted by atomic mass is 9.89. The molecule has 0 aliphatic rings. The zero-order valence-electron chi connectivity index (χ0n) is 14.0. The minimum Gasteiger partial charge on any atom is -0.391 e. The van der Waals surface area contributed by atoms with Gasteiger partial charge in [-0.3, -0.25) is 0 Å². The normalized spacial score (nSPS) is 13.0. The summed E-state index contributed by atoms with van der Waals surface area (Å²) in [6.07, 6.45) is 2.07. The number of aliphatic hydroxyl groups excluding tert-OH is 1. The molecular formula is C17H26N4O2. The highest BCUT2D eigenvalue weighted by Gasteiger charge is 2.22. The summed E-state index contributed by atoms with van der Waals surface area (Å²) < 4.78 is 2.08. The fraction of sp³-hybridized carbons (Fsp3) is 0.529. The van der Waals surface area contributed by atoms with E-state index in [1.54, 1.807) is 0 Å². The second-order valence-electron chi connectivity index (χ2n) is 6.80. The van der Waals surface area contributed by atoms with Crippen molar-refractivity contribution in [3.05, 3.63) is 30.6 Å². The predicted molar refractivity (Wildman–Crippen MR) is 91.2 cm³/mol. The summed E-state index contributed by atoms with van der Waals surface area (Å²) in [4.78, 5) is 16.0. The van der Waals surface area contributed by atoms with Crippen LogP contribution in [0.1, 0.15) is 27.2 Å². The molecule has 0 saturated carbocycles. The maximum atomic E-state index is 11.7. The number of amides is 2. The van der Waals surface area contributed by atoms with Gasteiger partial charge in [-0.25, -0.2) is 9.78 Å². The van der Waals surface area contributed by atoms with Gasteiger partial charge in [0.1, 0.15) is 0 Å². The molecule has 0 bridgehead atoms. The Morgan fingerprint density at radius 3 is 2.78 bits per heavy atom. The highest BCUT2D eigenvalue weighted by molar-refractivity contribution is 5.75. The molecule has 126 valence electrons. The van der Waals surface area contributed by atoms with Crippen LogP contribution in [0.15, 0.2) is 30.6 Å². The number of benzene rings is 1. The molecule has 2 rings (SSSR count). The van der Waals surface area contributed by atoms with Gasteiger partial charge >= 0.3 is 6.03 Å². The first kappa shape index (κ1) is 17.3. The van der Waals surface area contributed by atoms with Crippen LogP contribution < -0.4 is 10.6 Å². The van der Waals surface area contributed by atoms with Crippen LogP contribution in [-0.4, -0.2) is 39.9 Å². The monoisotopic (exact) mass is 318 g/mol. The molecule has 0 aliphatic heterocycles. The van der Waals surface area contributed by atoms with Crippen molar-refractivity contribution in [2.45, 2.75) is 39.8 Å². The molecule has 2 amide bonds. The molecule has 6 nitrogen and oxygen atoms in total. The highest BCUT2D eigenvalue weighted by atomic mass is 16.3. The van der Waals surface area contributed by atoms with Crippen LogP contribution in [0.3, 0.4) is 0 Å². The Hall–Kier alpha value is -2.08. The summed E-state index contributed by atoms with van der Waals surface area (Å²) in [5.74, 6) is 0. The molecule has 0 aliphatic carbocycles. The molecular weight excluding hydrogens is 292 g/mol. The number of nitrogens with zero attached hydrogens (tertiary/aromatic N) is 2. The van der Waals surface area contributed by atoms with Gasteiger partial charge in [0.25, 0.3) is 0 Å². The zero-order valence-corrected chi connectivity index (χ0v) is 14.0. The number of para-hydroxylation sites is 2. The van der Waals surface area contributed by atoms with Gasteiger partial charge in [-0.1, -0.05) is 32.9 Å². The zero-order chi connectivity index (χ0) is 16.9. The first-order chi connectivity index (χ1) is 10.9. The molecule has 1 atom stereocenters. The number of nitrogens with one attached hydrogen (secondary N) is 2. The van der Waals surface area contributed by atoms with Gasteiger partial charge < -0.3 is 20.3 Å². The quantitative estimate of drug-likeness (QED) is 0.714. The smallest absolute Gasteiger partial charge is 0.314 e. The Labute approximate surface area is 136 Å². The van der Waals surface area contributed by atoms with Crippen molar-refractivity contribution < 1.29 is 9.90 Å². The average Bonchev–Trinajstić information content (AvgIpc) is 2.91. The molecule has 1 aromatic carbocycles. The fourth-order valence-electron chi connectivity index (χ4n) is 2.20. The summed E-state index contributed by atoms with van der Waals surface area (Å²) >= 11 is 0. The summed E-state index contributed by atoms with van der Waals surface area (Å²) in [7, 11) is 0. The van der Waals surface area contributed by atoms with Crippen molar-refractivity contribution in [1.82, 2.24) is 20.2 Å². The van der Waals surface area contributed by atoms with Crippen LogP contribution in [-0.2, 0) is 6.54 Å². The SMILES string of the molecule is CC(C)(C)C(O)CNC(=O)NCCCn1cnc2ccccc21. The number of urea groups is 1. The number of carbonyl (C=O) groups is 1. The van der Waals surface area contributed by atoms with Gasteiger partial charge in [0, 0.05) is 19.6 Å². The minimum atomic E-state index is -0.564. The van der Waals surface area contributed by atoms with E-state index in [9.17, 15) is 9.90 Å². The van der Waals surface area contributed by atoms with E-state index in [-0.39, 0.29) is 18.0 Å². The summed E-state index contributed by atoms with van der Waals surface area (Å²) in [5, 5.41) is 15.4. The van der Waals surface area contributed by atoms with Gasteiger partial charge in [0.2, 0.25) is 0 Å². The van der Waals surface area contributed by atoms with Crippen LogP contribution >= 0.6 is 0 Å². The lowest BCUT2D eigenvalue weighted by Crippen LogP contribution is -2.43. The van der Waals surface area contributed by atoms with Crippen molar-refractivity contribution >= 4 is 17.1 Å². The van der Waals surface area contributed by atoms with Gasteiger partial charge in [-0.15, -0.1) is 0 Å². The number of hydrogen-bond acceptors (Lipinski definition) is 3. The third-order valence-electron chi connectivity index (χ3n) is 3.84. The van der Waals surface area contributed by atoms with Crippen molar-refractivity contribution in [1.29, 1.82) is 0 Å². The molecule has 1 unspecified atom stereocenters. The van der Waals surface area contributed by atoms with Crippen LogP contribution in [0.4, 0.5) is 4.79 Å². The average molecular weight is 318 g/mol. The largest absolute Gasteiger partial charge is 0.391 e. The Morgan fingerprint density at radius 2 is 2.04 bits per heavy atom. The summed E-state index contributed by atoms with van der Waals surface area (Å²) in [6, 6.07) is 7.74. The fourth-order valence-corrected chi connectivity index (χ4v) is 2.20. The van der Waals surface area contributed by atoms with Gasteiger partial charge in [0.05, 0.1) is 23.5 Å². The van der Waals surface area contributed by atoms with Crippen molar-refractivity contribution in [3.8, 4) is 0 Å². The summed E-state index contributed by atoms with van der Waals surface area (Å²) in [5.41, 5.74) is 1.84. The number of aromatic nitrogens is 2. The van der Waals surface area contributed by atoms with E-state index in [4.69, 9.17) is 0 Å². The molecule has 0 saturated heterocycles.